The van der Waals surface area contributed by atoms with Crippen molar-refractivity contribution in [1.29, 1.82) is 0 Å². The summed E-state index contributed by atoms with van der Waals surface area (Å²) >= 11 is 2.30. The molecular formula is C21H26INO3. The van der Waals surface area contributed by atoms with Crippen LogP contribution in [0.2, 0.25) is 0 Å². The second-order valence-electron chi connectivity index (χ2n) is 6.56. The van der Waals surface area contributed by atoms with Gasteiger partial charge in [-0.15, -0.1) is 0 Å². The summed E-state index contributed by atoms with van der Waals surface area (Å²) in [6.45, 7) is 5.29. The third-order valence-corrected chi connectivity index (χ3v) is 5.05. The second-order valence-corrected chi connectivity index (χ2v) is 7.81. The fraction of sp³-hybridized carbons (Fsp3) is 0.429. The van der Waals surface area contributed by atoms with Crippen molar-refractivity contribution in [3.63, 3.8) is 0 Å². The maximum absolute atomic E-state index is 6.49. The summed E-state index contributed by atoms with van der Waals surface area (Å²) in [6.07, 6.45) is 0.765. The normalized spacial score (nSPS) is 19.1. The Labute approximate surface area is 169 Å². The lowest BCUT2D eigenvalue weighted by atomic mass is 10.0. The Hall–Kier alpha value is -1.31. The molecule has 0 aromatic heterocycles. The van der Waals surface area contributed by atoms with Crippen molar-refractivity contribution in [2.24, 2.45) is 0 Å². The first-order chi connectivity index (χ1) is 12.7. The van der Waals surface area contributed by atoms with Crippen LogP contribution in [0.25, 0.3) is 0 Å². The summed E-state index contributed by atoms with van der Waals surface area (Å²) in [5, 5.41) is 0. The molecule has 1 fully saturated rings. The first-order valence-electron chi connectivity index (χ1n) is 9.11. The van der Waals surface area contributed by atoms with Crippen molar-refractivity contribution >= 4 is 22.6 Å². The van der Waals surface area contributed by atoms with E-state index in [1.807, 2.05) is 36.4 Å². The van der Waals surface area contributed by atoms with Crippen molar-refractivity contribution in [2.75, 3.05) is 33.4 Å². The molecule has 1 aliphatic heterocycles. The van der Waals surface area contributed by atoms with Gasteiger partial charge < -0.3 is 19.1 Å². The highest BCUT2D eigenvalue weighted by molar-refractivity contribution is 14.1. The summed E-state index contributed by atoms with van der Waals surface area (Å²) in [5.74, 6) is 1.56. The zero-order chi connectivity index (χ0) is 18.4. The van der Waals surface area contributed by atoms with Crippen LogP contribution < -0.4 is 9.47 Å². The largest absolute Gasteiger partial charge is 0.490 e. The Bertz CT molecular complexity index is 695. The number of likely N-dealkylation sites (N-methyl/N-ethyl adjacent to an activating group) is 1. The van der Waals surface area contributed by atoms with Crippen molar-refractivity contribution in [2.45, 2.75) is 25.6 Å². The fourth-order valence-corrected chi connectivity index (χ4v) is 3.50. The Kier molecular flexibility index (Phi) is 7.16. The van der Waals surface area contributed by atoms with Gasteiger partial charge in [0.15, 0.2) is 17.6 Å². The van der Waals surface area contributed by atoms with E-state index in [0.29, 0.717) is 6.61 Å². The molecule has 1 heterocycles. The molecule has 2 atom stereocenters. The molecular weight excluding hydrogens is 441 g/mol. The topological polar surface area (TPSA) is 30.9 Å². The molecule has 0 radical (unpaired) electrons. The van der Waals surface area contributed by atoms with E-state index in [4.69, 9.17) is 14.2 Å². The van der Waals surface area contributed by atoms with Crippen LogP contribution in [0.4, 0.5) is 0 Å². The molecule has 3 rings (SSSR count). The first kappa shape index (κ1) is 19.5. The van der Waals surface area contributed by atoms with Gasteiger partial charge in [-0.05, 0) is 59.8 Å². The predicted octanol–water partition coefficient (Wildman–Crippen LogP) is 4.53. The van der Waals surface area contributed by atoms with Crippen molar-refractivity contribution in [3.8, 4) is 11.5 Å². The summed E-state index contributed by atoms with van der Waals surface area (Å²) in [4.78, 5) is 2.29. The number of benzene rings is 2. The third kappa shape index (κ3) is 5.11. The van der Waals surface area contributed by atoms with Crippen LogP contribution in [0.1, 0.15) is 25.0 Å². The molecule has 0 bridgehead atoms. The van der Waals surface area contributed by atoms with E-state index >= 15 is 0 Å². The second kappa shape index (κ2) is 9.58. The van der Waals surface area contributed by atoms with E-state index in [9.17, 15) is 0 Å². The molecule has 2 aromatic carbocycles. The molecule has 26 heavy (non-hydrogen) atoms. The van der Waals surface area contributed by atoms with Crippen molar-refractivity contribution < 1.29 is 14.2 Å². The molecule has 1 aliphatic rings. The summed E-state index contributed by atoms with van der Waals surface area (Å²) in [7, 11) is 2.12. The lowest BCUT2D eigenvalue weighted by Gasteiger charge is -2.35. The van der Waals surface area contributed by atoms with Gasteiger partial charge >= 0.3 is 0 Å². The number of hydrogen-bond acceptors (Lipinski definition) is 4. The van der Waals surface area contributed by atoms with E-state index in [1.54, 1.807) is 0 Å². The third-order valence-electron chi connectivity index (χ3n) is 4.38. The monoisotopic (exact) mass is 467 g/mol. The molecule has 0 amide bonds. The van der Waals surface area contributed by atoms with Crippen LogP contribution in [0.15, 0.2) is 48.5 Å². The molecule has 0 saturated carbocycles. The lowest BCUT2D eigenvalue weighted by molar-refractivity contribution is -0.0764. The number of rotatable bonds is 7. The van der Waals surface area contributed by atoms with Crippen LogP contribution in [-0.4, -0.2) is 44.4 Å². The molecule has 2 aromatic rings. The van der Waals surface area contributed by atoms with E-state index < -0.39 is 0 Å². The Balaban J connectivity index is 1.88. The van der Waals surface area contributed by atoms with E-state index in [2.05, 4.69) is 53.6 Å². The summed E-state index contributed by atoms with van der Waals surface area (Å²) in [6, 6.07) is 16.4. The average molecular weight is 467 g/mol. The quantitative estimate of drug-likeness (QED) is 0.560. The van der Waals surface area contributed by atoms with Gasteiger partial charge in [-0.25, -0.2) is 0 Å². The fourth-order valence-electron chi connectivity index (χ4n) is 3.04. The molecule has 0 spiro atoms. The van der Waals surface area contributed by atoms with Gasteiger partial charge in [-0.2, -0.15) is 0 Å². The number of morpholine rings is 1. The van der Waals surface area contributed by atoms with Crippen LogP contribution in [-0.2, 0) is 4.74 Å². The van der Waals surface area contributed by atoms with Gasteiger partial charge in [0, 0.05) is 16.7 Å². The van der Waals surface area contributed by atoms with Gasteiger partial charge in [-0.1, -0.05) is 37.3 Å². The highest BCUT2D eigenvalue weighted by Crippen LogP contribution is 2.35. The highest BCUT2D eigenvalue weighted by Gasteiger charge is 2.30. The van der Waals surface area contributed by atoms with Crippen molar-refractivity contribution in [1.82, 2.24) is 4.90 Å². The van der Waals surface area contributed by atoms with Gasteiger partial charge in [-0.3, -0.25) is 0 Å². The standard InChI is InChI=1S/C21H26INO3/c1-3-12-24-19-14-17(22)9-10-18(19)26-21(16-7-5-4-6-8-16)20-15-23(2)11-13-25-20/h4-10,14,20-21H,3,11-13,15H2,1-2H3. The molecule has 2 unspecified atom stereocenters. The maximum Gasteiger partial charge on any atom is 0.162 e. The molecule has 4 nitrogen and oxygen atoms in total. The Morgan fingerprint density at radius 2 is 2.00 bits per heavy atom. The highest BCUT2D eigenvalue weighted by atomic mass is 127. The number of ether oxygens (including phenoxy) is 3. The molecule has 0 aliphatic carbocycles. The zero-order valence-electron chi connectivity index (χ0n) is 15.4. The lowest BCUT2D eigenvalue weighted by Crippen LogP contribution is -2.44. The zero-order valence-corrected chi connectivity index (χ0v) is 17.5. The minimum absolute atomic E-state index is 0.0190. The molecule has 140 valence electrons. The Morgan fingerprint density at radius 3 is 2.73 bits per heavy atom. The van der Waals surface area contributed by atoms with Crippen molar-refractivity contribution in [3.05, 3.63) is 57.7 Å². The van der Waals surface area contributed by atoms with Crippen LogP contribution in [0.5, 0.6) is 11.5 Å². The van der Waals surface area contributed by atoms with Gasteiger partial charge in [0.2, 0.25) is 0 Å². The molecule has 1 saturated heterocycles. The number of halogens is 1. The average Bonchev–Trinajstić information content (AvgIpc) is 2.66. The van der Waals surface area contributed by atoms with Gasteiger partial charge in [0.1, 0.15) is 6.10 Å². The smallest absolute Gasteiger partial charge is 0.162 e. The minimum Gasteiger partial charge on any atom is -0.490 e. The van der Waals surface area contributed by atoms with Crippen LogP contribution in [0.3, 0.4) is 0 Å². The van der Waals surface area contributed by atoms with E-state index in [1.165, 1.54) is 0 Å². The van der Waals surface area contributed by atoms with E-state index in [0.717, 1.165) is 46.7 Å². The van der Waals surface area contributed by atoms with Gasteiger partial charge in [0.25, 0.3) is 0 Å². The first-order valence-corrected chi connectivity index (χ1v) is 10.2. The number of hydrogen-bond donors (Lipinski definition) is 0. The van der Waals surface area contributed by atoms with Crippen LogP contribution in [0, 0.1) is 3.57 Å². The minimum atomic E-state index is -0.178. The maximum atomic E-state index is 6.49. The Morgan fingerprint density at radius 1 is 1.19 bits per heavy atom. The predicted molar refractivity (Wildman–Crippen MR) is 112 cm³/mol. The SMILES string of the molecule is CCCOc1cc(I)ccc1OC(c1ccccc1)C1CN(C)CCO1. The summed E-state index contributed by atoms with van der Waals surface area (Å²) in [5.41, 5.74) is 1.12. The number of nitrogens with zero attached hydrogens (tertiary/aromatic N) is 1. The van der Waals surface area contributed by atoms with Crippen LogP contribution >= 0.6 is 22.6 Å². The molecule has 0 N–H and O–H groups in total. The summed E-state index contributed by atoms with van der Waals surface area (Å²) < 4.78 is 19.6. The van der Waals surface area contributed by atoms with E-state index in [-0.39, 0.29) is 12.2 Å². The molecule has 5 heteroatoms. The van der Waals surface area contributed by atoms with Gasteiger partial charge in [0.05, 0.1) is 13.2 Å².